The summed E-state index contributed by atoms with van der Waals surface area (Å²) in [7, 11) is 1.14. The van der Waals surface area contributed by atoms with E-state index in [0.29, 0.717) is 6.07 Å². The molecule has 1 rings (SSSR count). The average Bonchev–Trinajstić information content (AvgIpc) is 2.28. The number of benzene rings is 1. The minimum Gasteiger partial charge on any atom is -0.493 e. The van der Waals surface area contributed by atoms with E-state index in [1.807, 2.05) is 0 Å². The molecule has 0 amide bonds. The Morgan fingerprint density at radius 2 is 2.28 bits per heavy atom. The molecule has 1 atom stereocenters. The van der Waals surface area contributed by atoms with Crippen LogP contribution in [0.15, 0.2) is 12.1 Å². The number of carboxylic acids is 1. The fraction of sp³-hybridized carbons (Fsp3) is 0.300. The second kappa shape index (κ2) is 5.41. The van der Waals surface area contributed by atoms with E-state index in [-0.39, 0.29) is 17.9 Å². The van der Waals surface area contributed by atoms with Crippen LogP contribution in [0, 0.1) is 15.9 Å². The summed E-state index contributed by atoms with van der Waals surface area (Å²) in [5, 5.41) is 19.5. The zero-order chi connectivity index (χ0) is 13.9. The van der Waals surface area contributed by atoms with Gasteiger partial charge < -0.3 is 15.6 Å². The van der Waals surface area contributed by atoms with Crippen molar-refractivity contribution in [3.63, 3.8) is 0 Å². The van der Waals surface area contributed by atoms with Gasteiger partial charge >= 0.3 is 5.97 Å². The minimum atomic E-state index is -1.31. The molecule has 0 heterocycles. The van der Waals surface area contributed by atoms with Crippen LogP contribution < -0.4 is 10.5 Å². The summed E-state index contributed by atoms with van der Waals surface area (Å²) in [6, 6.07) is 1.62. The van der Waals surface area contributed by atoms with Gasteiger partial charge in [-0.1, -0.05) is 0 Å². The summed E-state index contributed by atoms with van der Waals surface area (Å²) < 4.78 is 18.3. The molecular weight excluding hydrogens is 247 g/mol. The maximum absolute atomic E-state index is 13.6. The number of carbonyl (C=O) groups is 1. The highest BCUT2D eigenvalue weighted by molar-refractivity contribution is 5.78. The molecule has 0 saturated carbocycles. The molecule has 0 fully saturated rings. The molecule has 8 heteroatoms. The van der Waals surface area contributed by atoms with E-state index in [9.17, 15) is 19.3 Å². The second-order valence-electron chi connectivity index (χ2n) is 3.43. The molecule has 98 valence electrons. The van der Waals surface area contributed by atoms with Gasteiger partial charge in [0, 0.05) is 18.2 Å². The Balaban J connectivity index is 3.47. The zero-order valence-corrected chi connectivity index (χ0v) is 9.42. The van der Waals surface area contributed by atoms with E-state index in [4.69, 9.17) is 15.6 Å². The van der Waals surface area contributed by atoms with E-state index < -0.39 is 28.3 Å². The lowest BCUT2D eigenvalue weighted by Gasteiger charge is -2.14. The third kappa shape index (κ3) is 2.54. The first-order chi connectivity index (χ1) is 8.42. The number of aliphatic carboxylic acids is 1. The molecule has 0 radical (unpaired) electrons. The van der Waals surface area contributed by atoms with Crippen molar-refractivity contribution >= 4 is 11.7 Å². The van der Waals surface area contributed by atoms with Gasteiger partial charge in [-0.3, -0.25) is 14.9 Å². The Morgan fingerprint density at radius 1 is 1.67 bits per heavy atom. The van der Waals surface area contributed by atoms with Crippen molar-refractivity contribution in [3.05, 3.63) is 33.6 Å². The first-order valence-corrected chi connectivity index (χ1v) is 4.87. The molecule has 0 aliphatic heterocycles. The number of hydrogen-bond donors (Lipinski definition) is 2. The van der Waals surface area contributed by atoms with E-state index in [1.54, 1.807) is 0 Å². The predicted molar refractivity (Wildman–Crippen MR) is 59.0 cm³/mol. The number of nitro groups is 1. The van der Waals surface area contributed by atoms with E-state index in [0.717, 1.165) is 13.2 Å². The molecular formula is C10H11FN2O5. The topological polar surface area (TPSA) is 116 Å². The van der Waals surface area contributed by atoms with E-state index in [2.05, 4.69) is 0 Å². The first-order valence-electron chi connectivity index (χ1n) is 4.87. The van der Waals surface area contributed by atoms with Gasteiger partial charge in [-0.25, -0.2) is 4.39 Å². The lowest BCUT2D eigenvalue weighted by molar-refractivity contribution is -0.385. The summed E-state index contributed by atoms with van der Waals surface area (Å²) >= 11 is 0. The second-order valence-corrected chi connectivity index (χ2v) is 3.43. The van der Waals surface area contributed by atoms with Crippen LogP contribution in [0.4, 0.5) is 10.1 Å². The number of ether oxygens (including phenoxy) is 1. The van der Waals surface area contributed by atoms with Crippen LogP contribution in [0.5, 0.6) is 5.75 Å². The average molecular weight is 258 g/mol. The molecule has 1 aromatic rings. The smallest absolute Gasteiger partial charge is 0.312 e. The normalized spacial score (nSPS) is 11.9. The van der Waals surface area contributed by atoms with Crippen LogP contribution >= 0.6 is 0 Å². The lowest BCUT2D eigenvalue weighted by atomic mass is 9.97. The van der Waals surface area contributed by atoms with Gasteiger partial charge in [0.15, 0.2) is 11.6 Å². The number of hydrogen-bond acceptors (Lipinski definition) is 5. The fourth-order valence-electron chi connectivity index (χ4n) is 1.54. The van der Waals surface area contributed by atoms with Crippen molar-refractivity contribution in [2.75, 3.05) is 13.7 Å². The van der Waals surface area contributed by atoms with Crippen LogP contribution in [0.25, 0.3) is 0 Å². The maximum atomic E-state index is 13.6. The van der Waals surface area contributed by atoms with E-state index in [1.165, 1.54) is 0 Å². The molecule has 0 bridgehead atoms. The molecule has 0 spiro atoms. The number of nitro benzene ring substituents is 1. The summed E-state index contributed by atoms with van der Waals surface area (Å²) in [4.78, 5) is 20.8. The number of non-ortho nitro benzene ring substituents is 1. The van der Waals surface area contributed by atoms with Gasteiger partial charge in [-0.05, 0) is 0 Å². The highest BCUT2D eigenvalue weighted by atomic mass is 19.1. The lowest BCUT2D eigenvalue weighted by Crippen LogP contribution is -2.22. The molecule has 18 heavy (non-hydrogen) atoms. The van der Waals surface area contributed by atoms with E-state index >= 15 is 0 Å². The Bertz CT molecular complexity index is 491. The Kier molecular flexibility index (Phi) is 4.16. The predicted octanol–water partition coefficient (Wildman–Crippen LogP) is 0.869. The highest BCUT2D eigenvalue weighted by Crippen LogP contribution is 2.33. The highest BCUT2D eigenvalue weighted by Gasteiger charge is 2.27. The largest absolute Gasteiger partial charge is 0.493 e. The summed E-state index contributed by atoms with van der Waals surface area (Å²) in [5.41, 5.74) is 4.57. The fourth-order valence-corrected chi connectivity index (χ4v) is 1.54. The van der Waals surface area contributed by atoms with Gasteiger partial charge in [0.25, 0.3) is 5.69 Å². The Labute approximate surface area is 101 Å². The van der Waals surface area contributed by atoms with Crippen LogP contribution in [-0.4, -0.2) is 29.7 Å². The molecule has 7 nitrogen and oxygen atoms in total. The zero-order valence-electron chi connectivity index (χ0n) is 9.42. The summed E-state index contributed by atoms with van der Waals surface area (Å²) in [5.74, 6) is -3.93. The van der Waals surface area contributed by atoms with Crippen LogP contribution in [-0.2, 0) is 4.79 Å². The summed E-state index contributed by atoms with van der Waals surface area (Å²) in [6.45, 7) is -0.327. The number of methoxy groups -OCH3 is 1. The van der Waals surface area contributed by atoms with Crippen molar-refractivity contribution in [3.8, 4) is 5.75 Å². The third-order valence-corrected chi connectivity index (χ3v) is 2.38. The Morgan fingerprint density at radius 3 is 2.67 bits per heavy atom. The number of carboxylic acid groups (broad SMARTS) is 1. The monoisotopic (exact) mass is 258 g/mol. The molecule has 0 aliphatic rings. The Hall–Kier alpha value is -2.22. The molecule has 0 aliphatic carbocycles. The van der Waals surface area contributed by atoms with Gasteiger partial charge in [0.05, 0.1) is 24.0 Å². The van der Waals surface area contributed by atoms with Crippen LogP contribution in [0.2, 0.25) is 0 Å². The number of nitrogens with two attached hydrogens (primary N) is 1. The van der Waals surface area contributed by atoms with Crippen molar-refractivity contribution in [2.24, 2.45) is 5.73 Å². The van der Waals surface area contributed by atoms with Gasteiger partial charge in [0.2, 0.25) is 0 Å². The first kappa shape index (κ1) is 13.8. The maximum Gasteiger partial charge on any atom is 0.312 e. The third-order valence-electron chi connectivity index (χ3n) is 2.38. The number of halogens is 1. The number of rotatable bonds is 5. The van der Waals surface area contributed by atoms with Crippen molar-refractivity contribution in [1.82, 2.24) is 0 Å². The SMILES string of the molecule is COc1c(F)cc([N+](=O)[O-])cc1C(CN)C(=O)O. The van der Waals surface area contributed by atoms with Crippen molar-refractivity contribution in [1.29, 1.82) is 0 Å². The van der Waals surface area contributed by atoms with Crippen molar-refractivity contribution in [2.45, 2.75) is 5.92 Å². The quantitative estimate of drug-likeness (QED) is 0.598. The van der Waals surface area contributed by atoms with Gasteiger partial charge in [0.1, 0.15) is 0 Å². The number of nitrogens with zero attached hydrogens (tertiary/aromatic N) is 1. The molecule has 0 aromatic heterocycles. The molecule has 3 N–H and O–H groups in total. The minimum absolute atomic E-state index is 0.154. The molecule has 1 aromatic carbocycles. The van der Waals surface area contributed by atoms with Crippen molar-refractivity contribution < 1.29 is 24.0 Å². The standard InChI is InChI=1S/C10H11FN2O5/c1-18-9-6(7(4-12)10(14)15)2-5(13(16)17)3-8(9)11/h2-3,7H,4,12H2,1H3,(H,14,15). The molecule has 0 saturated heterocycles. The summed E-state index contributed by atoms with van der Waals surface area (Å²) in [6.07, 6.45) is 0. The molecule has 1 unspecified atom stereocenters. The van der Waals surface area contributed by atoms with Gasteiger partial charge in [-0.2, -0.15) is 0 Å². The van der Waals surface area contributed by atoms with Crippen LogP contribution in [0.3, 0.4) is 0 Å². The van der Waals surface area contributed by atoms with Crippen LogP contribution in [0.1, 0.15) is 11.5 Å². The van der Waals surface area contributed by atoms with Gasteiger partial charge in [-0.15, -0.1) is 0 Å².